The largest absolute Gasteiger partial charge is 0.497 e. The minimum atomic E-state index is -1.04. The van der Waals surface area contributed by atoms with Crippen molar-refractivity contribution in [1.82, 2.24) is 9.69 Å². The van der Waals surface area contributed by atoms with Crippen LogP contribution in [0.2, 0.25) is 0 Å². The summed E-state index contributed by atoms with van der Waals surface area (Å²) in [6.07, 6.45) is 0.780. The summed E-state index contributed by atoms with van der Waals surface area (Å²) in [6.45, 7) is 8.42. The average Bonchev–Trinajstić information content (AvgIpc) is 3.22. The Morgan fingerprint density at radius 2 is 1.70 bits per heavy atom. The Bertz CT molecular complexity index is 1270. The molecule has 0 radical (unpaired) electrons. The lowest BCUT2D eigenvalue weighted by atomic mass is 10.0. The SMILES string of the molecule is COc1ccc(C(C(=O)NCCC(C)C)N(C(=O)c2snc(C(N)=O)c2N)c2cc(C)cc(C)c2)cc1. The van der Waals surface area contributed by atoms with E-state index in [0.29, 0.717) is 29.5 Å². The molecule has 3 rings (SSSR count). The zero-order chi connectivity index (χ0) is 27.3. The van der Waals surface area contributed by atoms with E-state index < -0.39 is 17.9 Å². The third kappa shape index (κ3) is 6.45. The zero-order valence-electron chi connectivity index (χ0n) is 21.7. The number of benzene rings is 2. The second kappa shape index (κ2) is 11.9. The molecule has 5 N–H and O–H groups in total. The minimum absolute atomic E-state index is 0.0291. The lowest BCUT2D eigenvalue weighted by molar-refractivity contribution is -0.122. The van der Waals surface area contributed by atoms with Crippen LogP contribution in [0.1, 0.15) is 63.2 Å². The van der Waals surface area contributed by atoms with Crippen molar-refractivity contribution in [2.75, 3.05) is 24.3 Å². The Morgan fingerprint density at radius 1 is 1.08 bits per heavy atom. The zero-order valence-corrected chi connectivity index (χ0v) is 22.5. The molecule has 0 aliphatic carbocycles. The highest BCUT2D eigenvalue weighted by atomic mass is 32.1. The molecule has 0 saturated carbocycles. The lowest BCUT2D eigenvalue weighted by Gasteiger charge is -2.32. The molecule has 0 aliphatic rings. The van der Waals surface area contributed by atoms with Crippen molar-refractivity contribution < 1.29 is 19.1 Å². The number of hydrogen-bond donors (Lipinski definition) is 3. The predicted molar refractivity (Wildman–Crippen MR) is 146 cm³/mol. The first-order valence-electron chi connectivity index (χ1n) is 11.9. The van der Waals surface area contributed by atoms with Crippen LogP contribution in [-0.2, 0) is 4.79 Å². The van der Waals surface area contributed by atoms with E-state index >= 15 is 0 Å². The Labute approximate surface area is 221 Å². The van der Waals surface area contributed by atoms with Gasteiger partial charge in [-0.3, -0.25) is 19.3 Å². The highest BCUT2D eigenvalue weighted by molar-refractivity contribution is 7.09. The van der Waals surface area contributed by atoms with E-state index in [4.69, 9.17) is 16.2 Å². The number of hydrogen-bond acceptors (Lipinski definition) is 7. The van der Waals surface area contributed by atoms with Gasteiger partial charge in [0.15, 0.2) is 5.69 Å². The van der Waals surface area contributed by atoms with Gasteiger partial charge in [0.2, 0.25) is 5.91 Å². The van der Waals surface area contributed by atoms with Gasteiger partial charge < -0.3 is 21.5 Å². The molecule has 1 unspecified atom stereocenters. The average molecular weight is 524 g/mol. The van der Waals surface area contributed by atoms with Crippen LogP contribution in [0.15, 0.2) is 42.5 Å². The summed E-state index contributed by atoms with van der Waals surface area (Å²) in [4.78, 5) is 41.1. The molecule has 2 aromatic carbocycles. The van der Waals surface area contributed by atoms with Crippen LogP contribution in [0.25, 0.3) is 0 Å². The number of aryl methyl sites for hydroxylation is 2. The Hall–Kier alpha value is -3.92. The number of amides is 3. The smallest absolute Gasteiger partial charge is 0.273 e. The van der Waals surface area contributed by atoms with Gasteiger partial charge in [-0.1, -0.05) is 32.0 Å². The number of carbonyl (C=O) groups is 3. The number of carbonyl (C=O) groups excluding carboxylic acids is 3. The van der Waals surface area contributed by atoms with Gasteiger partial charge in [-0.2, -0.15) is 4.37 Å². The van der Waals surface area contributed by atoms with Crippen molar-refractivity contribution in [2.45, 2.75) is 40.2 Å². The summed E-state index contributed by atoms with van der Waals surface area (Å²) >= 11 is 0.777. The number of aromatic nitrogens is 1. The highest BCUT2D eigenvalue weighted by Crippen LogP contribution is 2.34. The summed E-state index contributed by atoms with van der Waals surface area (Å²) in [5.41, 5.74) is 14.2. The molecule has 0 fully saturated rings. The fourth-order valence-corrected chi connectivity index (χ4v) is 4.74. The number of nitrogens with two attached hydrogens (primary N) is 2. The molecular formula is C27H33N5O4S. The minimum Gasteiger partial charge on any atom is -0.497 e. The van der Waals surface area contributed by atoms with Crippen molar-refractivity contribution >= 4 is 40.6 Å². The van der Waals surface area contributed by atoms with Gasteiger partial charge in [-0.15, -0.1) is 0 Å². The molecular weight excluding hydrogens is 490 g/mol. The Kier molecular flexibility index (Phi) is 8.88. The number of nitrogen functional groups attached to an aromatic ring is 1. The molecule has 0 aliphatic heterocycles. The van der Waals surface area contributed by atoms with Crippen LogP contribution < -0.4 is 26.4 Å². The predicted octanol–water partition coefficient (Wildman–Crippen LogP) is 4.00. The first kappa shape index (κ1) is 27.7. The van der Waals surface area contributed by atoms with Crippen molar-refractivity contribution in [3.8, 4) is 5.75 Å². The number of methoxy groups -OCH3 is 1. The molecule has 3 amide bonds. The normalized spacial score (nSPS) is 11.7. The van der Waals surface area contributed by atoms with Crippen molar-refractivity contribution in [1.29, 1.82) is 0 Å². The van der Waals surface area contributed by atoms with Gasteiger partial charge in [0.05, 0.1) is 12.8 Å². The molecule has 1 heterocycles. The summed E-state index contributed by atoms with van der Waals surface area (Å²) in [7, 11) is 1.55. The summed E-state index contributed by atoms with van der Waals surface area (Å²) in [6, 6.07) is 11.6. The van der Waals surface area contributed by atoms with Crippen LogP contribution in [0.5, 0.6) is 5.75 Å². The number of nitrogens with zero attached hydrogens (tertiary/aromatic N) is 2. The van der Waals surface area contributed by atoms with Gasteiger partial charge in [0.25, 0.3) is 11.8 Å². The van der Waals surface area contributed by atoms with E-state index in [1.54, 1.807) is 31.4 Å². The van der Waals surface area contributed by atoms with Crippen molar-refractivity contribution in [3.05, 3.63) is 69.7 Å². The third-order valence-electron chi connectivity index (χ3n) is 5.82. The van der Waals surface area contributed by atoms with E-state index in [1.165, 1.54) is 4.90 Å². The van der Waals surface area contributed by atoms with E-state index in [2.05, 4.69) is 23.5 Å². The molecule has 0 bridgehead atoms. The monoisotopic (exact) mass is 523 g/mol. The number of anilines is 2. The second-order valence-corrected chi connectivity index (χ2v) is 10.1. The third-order valence-corrected chi connectivity index (χ3v) is 6.67. The topological polar surface area (TPSA) is 141 Å². The molecule has 1 aromatic heterocycles. The molecule has 3 aromatic rings. The lowest BCUT2D eigenvalue weighted by Crippen LogP contribution is -2.44. The summed E-state index contributed by atoms with van der Waals surface area (Å²) in [5.74, 6) is -0.737. The van der Waals surface area contributed by atoms with Crippen molar-refractivity contribution in [3.63, 3.8) is 0 Å². The highest BCUT2D eigenvalue weighted by Gasteiger charge is 2.36. The van der Waals surface area contributed by atoms with Crippen LogP contribution >= 0.6 is 11.5 Å². The molecule has 37 heavy (non-hydrogen) atoms. The van der Waals surface area contributed by atoms with Gasteiger partial charge in [0.1, 0.15) is 16.7 Å². The molecule has 1 atom stereocenters. The van der Waals surface area contributed by atoms with E-state index in [9.17, 15) is 14.4 Å². The van der Waals surface area contributed by atoms with Gasteiger partial charge in [-0.05, 0) is 78.7 Å². The molecule has 196 valence electrons. The Balaban J connectivity index is 2.20. The van der Waals surface area contributed by atoms with Crippen molar-refractivity contribution in [2.24, 2.45) is 11.7 Å². The molecule has 9 nitrogen and oxygen atoms in total. The standard InChI is InChI=1S/C27H33N5O4S/c1-15(2)10-11-30-26(34)23(18-6-8-20(36-5)9-7-18)32(19-13-16(3)12-17(4)14-19)27(35)24-21(28)22(25(29)33)31-37-24/h6-9,12-15,23H,10-11,28H2,1-5H3,(H2,29,33)(H,30,34). The van der Waals surface area contributed by atoms with Crippen LogP contribution in [0, 0.1) is 19.8 Å². The first-order chi connectivity index (χ1) is 17.5. The quantitative estimate of drug-likeness (QED) is 0.367. The maximum atomic E-state index is 14.1. The molecule has 10 heteroatoms. The number of primary amides is 1. The maximum absolute atomic E-state index is 14.1. The number of nitrogens with one attached hydrogen (secondary N) is 1. The first-order valence-corrected chi connectivity index (χ1v) is 12.7. The number of ether oxygens (including phenoxy) is 1. The van der Waals surface area contributed by atoms with Crippen LogP contribution in [0.3, 0.4) is 0 Å². The van der Waals surface area contributed by atoms with E-state index in [0.717, 1.165) is 29.1 Å². The number of rotatable bonds is 10. The second-order valence-electron chi connectivity index (χ2n) is 9.31. The van der Waals surface area contributed by atoms with Gasteiger partial charge >= 0.3 is 0 Å². The molecule has 0 saturated heterocycles. The van der Waals surface area contributed by atoms with E-state index in [1.807, 2.05) is 32.0 Å². The van der Waals surface area contributed by atoms with Gasteiger partial charge in [0, 0.05) is 12.2 Å². The van der Waals surface area contributed by atoms with E-state index in [-0.39, 0.29) is 22.2 Å². The van der Waals surface area contributed by atoms with Crippen LogP contribution in [-0.4, -0.2) is 35.7 Å². The summed E-state index contributed by atoms with van der Waals surface area (Å²) < 4.78 is 9.28. The molecule has 0 spiro atoms. The maximum Gasteiger partial charge on any atom is 0.273 e. The fourth-order valence-electron chi connectivity index (χ4n) is 4.00. The van der Waals surface area contributed by atoms with Crippen LogP contribution in [0.4, 0.5) is 11.4 Å². The Morgan fingerprint density at radius 3 is 2.22 bits per heavy atom. The van der Waals surface area contributed by atoms with Gasteiger partial charge in [-0.25, -0.2) is 0 Å². The summed E-state index contributed by atoms with van der Waals surface area (Å²) in [5, 5.41) is 2.98. The fraction of sp³-hybridized carbons (Fsp3) is 0.333.